The van der Waals surface area contributed by atoms with Crippen molar-refractivity contribution in [1.82, 2.24) is 9.88 Å². The van der Waals surface area contributed by atoms with Gasteiger partial charge in [-0.05, 0) is 31.0 Å². The molecule has 1 aromatic rings. The molecule has 1 unspecified atom stereocenters. The molecule has 0 aliphatic carbocycles. The minimum Gasteiger partial charge on any atom is -0.340 e. The summed E-state index contributed by atoms with van der Waals surface area (Å²) < 4.78 is 0. The van der Waals surface area contributed by atoms with Gasteiger partial charge in [-0.3, -0.25) is 4.79 Å². The van der Waals surface area contributed by atoms with Gasteiger partial charge in [0.05, 0.1) is 5.69 Å². The van der Waals surface area contributed by atoms with Crippen LogP contribution in [0.5, 0.6) is 0 Å². The number of anilines is 2. The van der Waals surface area contributed by atoms with Crippen LogP contribution < -0.4 is 9.80 Å². The van der Waals surface area contributed by atoms with Gasteiger partial charge in [0, 0.05) is 32.4 Å². The highest BCUT2D eigenvalue weighted by Crippen LogP contribution is 2.38. The van der Waals surface area contributed by atoms with Crippen LogP contribution in [0.3, 0.4) is 0 Å². The second-order valence-electron chi connectivity index (χ2n) is 7.37. The molecule has 5 nitrogen and oxygen atoms in total. The molecule has 1 aromatic heterocycles. The third-order valence-electron chi connectivity index (χ3n) is 4.73. The average molecular weight is 302 g/mol. The molecular formula is C17H26N4O. The monoisotopic (exact) mass is 302 g/mol. The molecular weight excluding hydrogens is 276 g/mol. The molecule has 1 saturated heterocycles. The molecule has 1 fully saturated rings. The van der Waals surface area contributed by atoms with Crippen LogP contribution in [-0.4, -0.2) is 55.1 Å². The summed E-state index contributed by atoms with van der Waals surface area (Å²) in [7, 11) is 2.08. The standard InChI is InChI=1S/C17H26N4O/c1-6-20-13-9-12(17(2,3)4)10-18-15(13)21-8-7-19(5)11-14(21)16(20)22/h9-10,14H,6-8,11H2,1-5H3. The van der Waals surface area contributed by atoms with Gasteiger partial charge in [0.2, 0.25) is 0 Å². The molecule has 2 aliphatic heterocycles. The molecule has 1 atom stereocenters. The molecule has 22 heavy (non-hydrogen) atoms. The Morgan fingerprint density at radius 3 is 2.68 bits per heavy atom. The number of hydrogen-bond acceptors (Lipinski definition) is 4. The summed E-state index contributed by atoms with van der Waals surface area (Å²) in [5.41, 5.74) is 2.18. The summed E-state index contributed by atoms with van der Waals surface area (Å²) in [5, 5.41) is 0. The van der Waals surface area contributed by atoms with Crippen LogP contribution in [-0.2, 0) is 10.2 Å². The van der Waals surface area contributed by atoms with E-state index in [1.807, 2.05) is 18.0 Å². The molecule has 0 radical (unpaired) electrons. The van der Waals surface area contributed by atoms with E-state index in [-0.39, 0.29) is 17.4 Å². The Balaban J connectivity index is 2.09. The average Bonchev–Trinajstić information content (AvgIpc) is 2.46. The largest absolute Gasteiger partial charge is 0.340 e. The highest BCUT2D eigenvalue weighted by Gasteiger charge is 2.41. The summed E-state index contributed by atoms with van der Waals surface area (Å²) in [4.78, 5) is 23.9. The minimum absolute atomic E-state index is 0.0312. The smallest absolute Gasteiger partial charge is 0.251 e. The van der Waals surface area contributed by atoms with E-state index >= 15 is 0 Å². The number of fused-ring (bicyclic) bond motifs is 3. The van der Waals surface area contributed by atoms with Crippen LogP contribution >= 0.6 is 0 Å². The lowest BCUT2D eigenvalue weighted by Gasteiger charge is -2.46. The molecule has 120 valence electrons. The summed E-state index contributed by atoms with van der Waals surface area (Å²) in [6.07, 6.45) is 1.97. The predicted octanol–water partition coefficient (Wildman–Crippen LogP) is 1.87. The van der Waals surface area contributed by atoms with Crippen LogP contribution in [0.15, 0.2) is 12.3 Å². The number of carbonyl (C=O) groups is 1. The number of hydrogen-bond donors (Lipinski definition) is 0. The summed E-state index contributed by atoms with van der Waals surface area (Å²) in [6, 6.07) is 2.05. The first-order valence-electron chi connectivity index (χ1n) is 8.10. The molecule has 0 bridgehead atoms. The first-order chi connectivity index (χ1) is 10.3. The summed E-state index contributed by atoms with van der Waals surface area (Å²) in [6.45, 7) is 11.9. The van der Waals surface area contributed by atoms with Crippen LogP contribution in [0, 0.1) is 0 Å². The lowest BCUT2D eigenvalue weighted by atomic mass is 9.87. The molecule has 0 N–H and O–H groups in total. The summed E-state index contributed by atoms with van der Waals surface area (Å²) in [5.74, 6) is 1.17. The van der Waals surface area contributed by atoms with Gasteiger partial charge in [0.1, 0.15) is 6.04 Å². The Morgan fingerprint density at radius 1 is 1.32 bits per heavy atom. The first kappa shape index (κ1) is 15.3. The Morgan fingerprint density at radius 2 is 2.05 bits per heavy atom. The van der Waals surface area contributed by atoms with E-state index in [9.17, 15) is 4.79 Å². The topological polar surface area (TPSA) is 39.7 Å². The van der Waals surface area contributed by atoms with Crippen molar-refractivity contribution < 1.29 is 4.79 Å². The molecule has 1 amide bonds. The molecule has 0 saturated carbocycles. The number of aromatic nitrogens is 1. The van der Waals surface area contributed by atoms with E-state index in [0.717, 1.165) is 31.1 Å². The maximum atomic E-state index is 12.9. The number of piperazine rings is 1. The van der Waals surface area contributed by atoms with Gasteiger partial charge in [-0.1, -0.05) is 20.8 Å². The maximum absolute atomic E-state index is 12.9. The number of nitrogens with zero attached hydrogens (tertiary/aromatic N) is 4. The maximum Gasteiger partial charge on any atom is 0.251 e. The van der Waals surface area contributed by atoms with E-state index in [1.54, 1.807) is 0 Å². The van der Waals surface area contributed by atoms with Gasteiger partial charge in [-0.15, -0.1) is 0 Å². The lowest BCUT2D eigenvalue weighted by Crippen LogP contribution is -2.62. The zero-order valence-corrected chi connectivity index (χ0v) is 14.3. The second kappa shape index (κ2) is 5.23. The van der Waals surface area contributed by atoms with Crippen molar-refractivity contribution in [2.24, 2.45) is 0 Å². The van der Waals surface area contributed by atoms with Crippen molar-refractivity contribution in [3.05, 3.63) is 17.8 Å². The van der Waals surface area contributed by atoms with Crippen molar-refractivity contribution in [3.8, 4) is 0 Å². The van der Waals surface area contributed by atoms with Crippen molar-refractivity contribution in [3.63, 3.8) is 0 Å². The number of pyridine rings is 1. The fourth-order valence-corrected chi connectivity index (χ4v) is 3.29. The first-order valence-corrected chi connectivity index (χ1v) is 8.10. The Labute approximate surface area is 132 Å². The normalized spacial score (nSPS) is 22.6. The number of carbonyl (C=O) groups excluding carboxylic acids is 1. The van der Waals surface area contributed by atoms with Crippen molar-refractivity contribution >= 4 is 17.4 Å². The zero-order valence-electron chi connectivity index (χ0n) is 14.3. The lowest BCUT2D eigenvalue weighted by molar-refractivity contribution is -0.121. The Bertz CT molecular complexity index is 593. The van der Waals surface area contributed by atoms with Crippen molar-refractivity contribution in [1.29, 1.82) is 0 Å². The predicted molar refractivity (Wildman–Crippen MR) is 89.6 cm³/mol. The molecule has 0 spiro atoms. The van der Waals surface area contributed by atoms with E-state index in [2.05, 4.69) is 43.7 Å². The van der Waals surface area contributed by atoms with Gasteiger partial charge in [0.15, 0.2) is 5.82 Å². The van der Waals surface area contributed by atoms with E-state index in [0.29, 0.717) is 6.54 Å². The highest BCUT2D eigenvalue weighted by atomic mass is 16.2. The summed E-state index contributed by atoms with van der Waals surface area (Å²) >= 11 is 0. The van der Waals surface area contributed by atoms with Gasteiger partial charge in [0.25, 0.3) is 5.91 Å². The van der Waals surface area contributed by atoms with Gasteiger partial charge in [-0.25, -0.2) is 4.98 Å². The molecule has 3 heterocycles. The molecule has 2 aliphatic rings. The third-order valence-corrected chi connectivity index (χ3v) is 4.73. The van der Waals surface area contributed by atoms with Crippen molar-refractivity contribution in [2.75, 3.05) is 43.0 Å². The number of rotatable bonds is 1. The molecule has 0 aromatic carbocycles. The Kier molecular flexibility index (Phi) is 3.63. The number of likely N-dealkylation sites (N-methyl/N-ethyl adjacent to an activating group) is 2. The van der Waals surface area contributed by atoms with Gasteiger partial charge in [-0.2, -0.15) is 0 Å². The zero-order chi connectivity index (χ0) is 16.1. The van der Waals surface area contributed by atoms with E-state index in [4.69, 9.17) is 4.98 Å². The fraction of sp³-hybridized carbons (Fsp3) is 0.647. The van der Waals surface area contributed by atoms with E-state index < -0.39 is 0 Å². The highest BCUT2D eigenvalue weighted by molar-refractivity contribution is 6.05. The quantitative estimate of drug-likeness (QED) is 0.794. The second-order valence-corrected chi connectivity index (χ2v) is 7.37. The van der Waals surface area contributed by atoms with Gasteiger partial charge < -0.3 is 14.7 Å². The minimum atomic E-state index is -0.0980. The van der Waals surface area contributed by atoms with Crippen LogP contribution in [0.4, 0.5) is 11.5 Å². The van der Waals surface area contributed by atoms with Gasteiger partial charge >= 0.3 is 0 Å². The van der Waals surface area contributed by atoms with Crippen molar-refractivity contribution in [2.45, 2.75) is 39.2 Å². The van der Waals surface area contributed by atoms with E-state index in [1.165, 1.54) is 5.56 Å². The van der Waals surface area contributed by atoms with Crippen LogP contribution in [0.1, 0.15) is 33.3 Å². The Hall–Kier alpha value is -1.62. The van der Waals surface area contributed by atoms with Crippen LogP contribution in [0.25, 0.3) is 0 Å². The third kappa shape index (κ3) is 2.37. The number of amides is 1. The van der Waals surface area contributed by atoms with Crippen LogP contribution in [0.2, 0.25) is 0 Å². The molecule has 3 rings (SSSR count). The fourth-order valence-electron chi connectivity index (χ4n) is 3.29. The molecule has 5 heteroatoms. The SMILES string of the molecule is CCN1C(=O)C2CN(C)CCN2c2ncc(C(C)(C)C)cc21.